The van der Waals surface area contributed by atoms with Crippen LogP contribution in [-0.2, 0) is 14.8 Å². The molecule has 1 aliphatic heterocycles. The summed E-state index contributed by atoms with van der Waals surface area (Å²) in [5, 5.41) is 0.515. The predicted octanol–water partition coefficient (Wildman–Crippen LogP) is 3.49. The van der Waals surface area contributed by atoms with Gasteiger partial charge in [-0.1, -0.05) is 41.9 Å². The van der Waals surface area contributed by atoms with Gasteiger partial charge in [-0.25, -0.2) is 8.42 Å². The van der Waals surface area contributed by atoms with Gasteiger partial charge in [0.05, 0.1) is 23.6 Å². The van der Waals surface area contributed by atoms with Gasteiger partial charge in [0, 0.05) is 11.6 Å². The Morgan fingerprint density at radius 2 is 1.74 bits per heavy atom. The van der Waals surface area contributed by atoms with Gasteiger partial charge >= 0.3 is 0 Å². The van der Waals surface area contributed by atoms with E-state index in [0.717, 1.165) is 5.56 Å². The third kappa shape index (κ3) is 3.28. The molecule has 1 saturated heterocycles. The van der Waals surface area contributed by atoms with Crippen molar-refractivity contribution < 1.29 is 13.2 Å². The van der Waals surface area contributed by atoms with Crippen LogP contribution in [0.4, 0.5) is 0 Å². The quantitative estimate of drug-likeness (QED) is 0.850. The summed E-state index contributed by atoms with van der Waals surface area (Å²) in [5.74, 6) is 0. The fourth-order valence-corrected chi connectivity index (χ4v) is 4.60. The van der Waals surface area contributed by atoms with Gasteiger partial charge in [0.25, 0.3) is 0 Å². The Balaban J connectivity index is 1.91. The Kier molecular flexibility index (Phi) is 4.73. The number of hydrogen-bond donors (Lipinski definition) is 0. The van der Waals surface area contributed by atoms with Gasteiger partial charge in [-0.05, 0) is 36.8 Å². The van der Waals surface area contributed by atoms with Gasteiger partial charge in [-0.3, -0.25) is 0 Å². The lowest BCUT2D eigenvalue weighted by Crippen LogP contribution is -2.48. The zero-order chi connectivity index (χ0) is 16.4. The highest BCUT2D eigenvalue weighted by Crippen LogP contribution is 2.32. The van der Waals surface area contributed by atoms with Crippen LogP contribution in [-0.4, -0.2) is 31.9 Å². The fourth-order valence-electron chi connectivity index (χ4n) is 2.86. The highest BCUT2D eigenvalue weighted by molar-refractivity contribution is 7.89. The molecule has 4 nitrogen and oxygen atoms in total. The van der Waals surface area contributed by atoms with Crippen LogP contribution in [0.15, 0.2) is 59.5 Å². The molecule has 1 heterocycles. The second-order valence-corrected chi connectivity index (χ2v) is 7.84. The molecule has 0 N–H and O–H groups in total. The first-order chi connectivity index (χ1) is 11.0. The van der Waals surface area contributed by atoms with Crippen molar-refractivity contribution in [2.45, 2.75) is 24.0 Å². The predicted molar refractivity (Wildman–Crippen MR) is 89.9 cm³/mol. The molecule has 1 aliphatic rings. The van der Waals surface area contributed by atoms with Gasteiger partial charge in [0.1, 0.15) is 0 Å². The summed E-state index contributed by atoms with van der Waals surface area (Å²) in [7, 11) is -3.57. The average Bonchev–Trinajstić information content (AvgIpc) is 2.56. The first-order valence-electron chi connectivity index (χ1n) is 7.44. The van der Waals surface area contributed by atoms with Crippen molar-refractivity contribution in [2.75, 3.05) is 13.2 Å². The first kappa shape index (κ1) is 16.5. The summed E-state index contributed by atoms with van der Waals surface area (Å²) in [6.07, 6.45) is -0.271. The Morgan fingerprint density at radius 1 is 1.09 bits per heavy atom. The molecular weight excluding hydrogens is 334 g/mol. The van der Waals surface area contributed by atoms with Crippen LogP contribution in [0.1, 0.15) is 18.6 Å². The number of ether oxygens (including phenoxy) is 1. The van der Waals surface area contributed by atoms with Crippen molar-refractivity contribution in [3.05, 3.63) is 65.2 Å². The van der Waals surface area contributed by atoms with E-state index in [1.807, 2.05) is 37.3 Å². The molecular formula is C17H18ClNO3S. The van der Waals surface area contributed by atoms with E-state index in [4.69, 9.17) is 16.3 Å². The summed E-state index contributed by atoms with van der Waals surface area (Å²) in [5.41, 5.74) is 0.982. The van der Waals surface area contributed by atoms with E-state index in [1.54, 1.807) is 12.1 Å². The lowest BCUT2D eigenvalue weighted by atomic mass is 10.0. The largest absolute Gasteiger partial charge is 0.370 e. The normalized spacial score (nSPS) is 22.9. The maximum Gasteiger partial charge on any atom is 0.243 e. The molecule has 0 spiro atoms. The van der Waals surface area contributed by atoms with Crippen LogP contribution in [0.2, 0.25) is 5.02 Å². The van der Waals surface area contributed by atoms with Gasteiger partial charge in [-0.15, -0.1) is 0 Å². The summed E-state index contributed by atoms with van der Waals surface area (Å²) >= 11 is 5.85. The zero-order valence-corrected chi connectivity index (χ0v) is 14.3. The molecule has 2 atom stereocenters. The van der Waals surface area contributed by atoms with E-state index in [0.29, 0.717) is 18.2 Å². The van der Waals surface area contributed by atoms with E-state index in [1.165, 1.54) is 16.4 Å². The van der Waals surface area contributed by atoms with Crippen LogP contribution in [0, 0.1) is 0 Å². The third-order valence-electron chi connectivity index (χ3n) is 4.05. The average molecular weight is 352 g/mol. The molecule has 0 aliphatic carbocycles. The van der Waals surface area contributed by atoms with E-state index >= 15 is 0 Å². The smallest absolute Gasteiger partial charge is 0.243 e. The Hall–Kier alpha value is -1.40. The van der Waals surface area contributed by atoms with Gasteiger partial charge in [-0.2, -0.15) is 4.31 Å². The standard InChI is InChI=1S/C17H18ClNO3S/c1-13-17(14-5-3-2-4-6-14)22-12-11-19(13)23(20,21)16-9-7-15(18)8-10-16/h2-10,13,17H,11-12H2,1H3. The van der Waals surface area contributed by atoms with E-state index in [2.05, 4.69) is 0 Å². The molecule has 0 radical (unpaired) electrons. The van der Waals surface area contributed by atoms with Crippen molar-refractivity contribution in [1.29, 1.82) is 0 Å². The topological polar surface area (TPSA) is 46.6 Å². The first-order valence-corrected chi connectivity index (χ1v) is 9.26. The minimum atomic E-state index is -3.57. The van der Waals surface area contributed by atoms with Crippen LogP contribution in [0.5, 0.6) is 0 Å². The molecule has 2 aromatic rings. The number of sulfonamides is 1. The number of morpholine rings is 1. The number of hydrogen-bond acceptors (Lipinski definition) is 3. The van der Waals surface area contributed by atoms with Crippen LogP contribution >= 0.6 is 11.6 Å². The molecule has 122 valence electrons. The summed E-state index contributed by atoms with van der Waals surface area (Å²) in [6, 6.07) is 15.7. The number of halogens is 1. The van der Waals surface area contributed by atoms with E-state index in [9.17, 15) is 8.42 Å². The van der Waals surface area contributed by atoms with E-state index in [-0.39, 0.29) is 17.0 Å². The molecule has 0 aromatic heterocycles. The Morgan fingerprint density at radius 3 is 2.39 bits per heavy atom. The molecule has 23 heavy (non-hydrogen) atoms. The van der Waals surface area contributed by atoms with Gasteiger partial charge in [0.15, 0.2) is 0 Å². The summed E-state index contributed by atoms with van der Waals surface area (Å²) in [6.45, 7) is 2.59. The van der Waals surface area contributed by atoms with Gasteiger partial charge in [0.2, 0.25) is 10.0 Å². The maximum absolute atomic E-state index is 12.9. The van der Waals surface area contributed by atoms with Crippen LogP contribution in [0.25, 0.3) is 0 Å². The number of benzene rings is 2. The SMILES string of the molecule is CC1C(c2ccccc2)OCCN1S(=O)(=O)c1ccc(Cl)cc1. The second kappa shape index (κ2) is 6.61. The summed E-state index contributed by atoms with van der Waals surface area (Å²) < 4.78 is 33.2. The molecule has 0 amide bonds. The highest BCUT2D eigenvalue weighted by atomic mass is 35.5. The minimum Gasteiger partial charge on any atom is -0.370 e. The lowest BCUT2D eigenvalue weighted by Gasteiger charge is -2.38. The van der Waals surface area contributed by atoms with Crippen molar-refractivity contribution >= 4 is 21.6 Å². The van der Waals surface area contributed by atoms with Crippen LogP contribution in [0.3, 0.4) is 0 Å². The molecule has 1 fully saturated rings. The van der Waals surface area contributed by atoms with Crippen molar-refractivity contribution in [1.82, 2.24) is 4.31 Å². The second-order valence-electron chi connectivity index (χ2n) is 5.51. The van der Waals surface area contributed by atoms with Crippen molar-refractivity contribution in [2.24, 2.45) is 0 Å². The highest BCUT2D eigenvalue weighted by Gasteiger charge is 2.37. The molecule has 0 bridgehead atoms. The number of rotatable bonds is 3. The summed E-state index contributed by atoms with van der Waals surface area (Å²) in [4.78, 5) is 0.252. The Bertz CT molecular complexity index is 762. The van der Waals surface area contributed by atoms with E-state index < -0.39 is 10.0 Å². The molecule has 0 saturated carbocycles. The molecule has 3 rings (SSSR count). The monoisotopic (exact) mass is 351 g/mol. The Labute approximate surface area is 141 Å². The molecule has 6 heteroatoms. The van der Waals surface area contributed by atoms with Crippen LogP contribution < -0.4 is 0 Å². The molecule has 2 aromatic carbocycles. The fraction of sp³-hybridized carbons (Fsp3) is 0.294. The number of nitrogens with zero attached hydrogens (tertiary/aromatic N) is 1. The maximum atomic E-state index is 12.9. The van der Waals surface area contributed by atoms with Crippen molar-refractivity contribution in [3.63, 3.8) is 0 Å². The molecule has 2 unspecified atom stereocenters. The third-order valence-corrected chi connectivity index (χ3v) is 6.30. The van der Waals surface area contributed by atoms with Gasteiger partial charge < -0.3 is 4.74 Å². The lowest BCUT2D eigenvalue weighted by molar-refractivity contribution is -0.0361. The minimum absolute atomic E-state index is 0.252. The van der Waals surface area contributed by atoms with Crippen molar-refractivity contribution in [3.8, 4) is 0 Å². The zero-order valence-electron chi connectivity index (χ0n) is 12.7.